The third kappa shape index (κ3) is 3.58. The van der Waals surface area contributed by atoms with Gasteiger partial charge in [-0.3, -0.25) is 9.59 Å². The lowest BCUT2D eigenvalue weighted by Gasteiger charge is -2.46. The minimum atomic E-state index is -0.0995. The number of amides is 1. The van der Waals surface area contributed by atoms with Crippen molar-refractivity contribution in [3.63, 3.8) is 0 Å². The molecule has 2 atom stereocenters. The highest BCUT2D eigenvalue weighted by atomic mass is 16.5. The van der Waals surface area contributed by atoms with Crippen molar-refractivity contribution in [1.29, 1.82) is 0 Å². The highest BCUT2D eigenvalue weighted by Crippen LogP contribution is 2.52. The van der Waals surface area contributed by atoms with E-state index in [4.69, 9.17) is 4.74 Å². The normalized spacial score (nSPS) is 32.9. The summed E-state index contributed by atoms with van der Waals surface area (Å²) in [4.78, 5) is 26.6. The summed E-state index contributed by atoms with van der Waals surface area (Å²) in [6.45, 7) is 10.3. The number of carbonyl (C=O) groups is 2. The van der Waals surface area contributed by atoms with E-state index in [-0.39, 0.29) is 28.8 Å². The van der Waals surface area contributed by atoms with E-state index in [2.05, 4.69) is 56.9 Å². The Morgan fingerprint density at radius 1 is 1.25 bits per heavy atom. The molecule has 0 aromatic heterocycles. The van der Waals surface area contributed by atoms with Crippen LogP contribution in [0.3, 0.4) is 0 Å². The fourth-order valence-electron chi connectivity index (χ4n) is 5.36. The van der Waals surface area contributed by atoms with Crippen LogP contribution in [0, 0.1) is 11.3 Å². The van der Waals surface area contributed by atoms with Crippen molar-refractivity contribution in [2.45, 2.75) is 77.2 Å². The number of ether oxygens (including phenoxy) is 1. The number of likely N-dealkylation sites (tertiary alicyclic amines) is 1. The molecule has 4 rings (SSSR count). The summed E-state index contributed by atoms with van der Waals surface area (Å²) >= 11 is 0. The van der Waals surface area contributed by atoms with E-state index in [9.17, 15) is 9.59 Å². The van der Waals surface area contributed by atoms with E-state index in [1.54, 1.807) is 0 Å². The van der Waals surface area contributed by atoms with Gasteiger partial charge in [-0.15, -0.1) is 0 Å². The maximum atomic E-state index is 13.0. The average Bonchev–Trinajstić information content (AvgIpc) is 3.01. The van der Waals surface area contributed by atoms with Crippen molar-refractivity contribution in [1.82, 2.24) is 4.90 Å². The van der Waals surface area contributed by atoms with Gasteiger partial charge in [-0.25, -0.2) is 0 Å². The van der Waals surface area contributed by atoms with E-state index in [0.717, 1.165) is 32.2 Å². The Hall–Kier alpha value is -1.84. The summed E-state index contributed by atoms with van der Waals surface area (Å²) < 4.78 is 5.14. The smallest absolute Gasteiger partial charge is 0.306 e. The first-order valence-corrected chi connectivity index (χ1v) is 10.7. The molecule has 28 heavy (non-hydrogen) atoms. The molecule has 0 radical (unpaired) electrons. The minimum Gasteiger partial charge on any atom is -0.465 e. The molecule has 1 aromatic carbocycles. The fraction of sp³-hybridized carbons (Fsp3) is 0.667. The second-order valence-electron chi connectivity index (χ2n) is 10.4. The molecule has 1 aromatic rings. The number of hydrogen-bond acceptors (Lipinski definition) is 3. The molecule has 3 fully saturated rings. The van der Waals surface area contributed by atoms with E-state index in [1.165, 1.54) is 11.1 Å². The zero-order valence-electron chi connectivity index (χ0n) is 17.7. The van der Waals surface area contributed by atoms with Gasteiger partial charge in [-0.2, -0.15) is 0 Å². The molecule has 1 saturated carbocycles. The molecule has 1 aliphatic carbocycles. The van der Waals surface area contributed by atoms with Gasteiger partial charge in [0.2, 0.25) is 5.91 Å². The zero-order valence-corrected chi connectivity index (χ0v) is 17.7. The predicted molar refractivity (Wildman–Crippen MR) is 109 cm³/mol. The second-order valence-corrected chi connectivity index (χ2v) is 10.4. The predicted octanol–water partition coefficient (Wildman–Crippen LogP) is 4.42. The molecule has 4 heteroatoms. The summed E-state index contributed by atoms with van der Waals surface area (Å²) in [5.41, 5.74) is 2.91. The zero-order chi connectivity index (χ0) is 20.1. The monoisotopic (exact) mass is 383 g/mol. The van der Waals surface area contributed by atoms with Gasteiger partial charge < -0.3 is 9.64 Å². The van der Waals surface area contributed by atoms with Crippen molar-refractivity contribution in [3.05, 3.63) is 35.4 Å². The molecular formula is C24H33NO3. The van der Waals surface area contributed by atoms with E-state index < -0.39 is 0 Å². The van der Waals surface area contributed by atoms with Crippen LogP contribution < -0.4 is 0 Å². The van der Waals surface area contributed by atoms with Crippen LogP contribution in [0.1, 0.15) is 76.8 Å². The van der Waals surface area contributed by atoms with Crippen LogP contribution in [-0.4, -0.2) is 36.0 Å². The standard InChI is InChI=1S/C24H33NO3/c1-16-10-18(17-6-5-7-20(11-17)23(2,3)4)8-9-25(16)22(27)19-12-24(13-19)14-21(26)28-15-24/h5-7,11,16,18-19H,8-10,12-15H2,1-4H3/t16-,18+,19?,24?/m1/s1. The highest BCUT2D eigenvalue weighted by molar-refractivity contribution is 5.81. The molecular weight excluding hydrogens is 350 g/mol. The lowest BCUT2D eigenvalue weighted by Crippen LogP contribution is -2.52. The highest BCUT2D eigenvalue weighted by Gasteiger charge is 2.53. The Morgan fingerprint density at radius 3 is 2.61 bits per heavy atom. The minimum absolute atomic E-state index is 0.0354. The first-order valence-electron chi connectivity index (χ1n) is 10.7. The van der Waals surface area contributed by atoms with Gasteiger partial charge in [0, 0.05) is 23.9 Å². The van der Waals surface area contributed by atoms with Gasteiger partial charge in [-0.1, -0.05) is 45.0 Å². The van der Waals surface area contributed by atoms with Crippen LogP contribution in [0.2, 0.25) is 0 Å². The summed E-state index contributed by atoms with van der Waals surface area (Å²) in [6.07, 6.45) is 4.19. The van der Waals surface area contributed by atoms with Gasteiger partial charge in [-0.05, 0) is 55.1 Å². The number of hydrogen-bond donors (Lipinski definition) is 0. The lowest BCUT2D eigenvalue weighted by molar-refractivity contribution is -0.147. The molecule has 3 aliphatic rings. The molecule has 2 saturated heterocycles. The first kappa shape index (κ1) is 19.5. The SMILES string of the molecule is C[C@@H]1C[C@@H](c2cccc(C(C)(C)C)c2)CCN1C(=O)C1CC2(COC(=O)C2)C1. The molecule has 0 N–H and O–H groups in total. The number of rotatable bonds is 2. The van der Waals surface area contributed by atoms with E-state index in [0.29, 0.717) is 24.9 Å². The molecule has 4 nitrogen and oxygen atoms in total. The third-order valence-electron chi connectivity index (χ3n) is 7.15. The summed E-state index contributed by atoms with van der Waals surface area (Å²) in [5, 5.41) is 0. The number of piperidine rings is 1. The maximum Gasteiger partial charge on any atom is 0.306 e. The topological polar surface area (TPSA) is 46.6 Å². The van der Waals surface area contributed by atoms with Crippen molar-refractivity contribution in [2.24, 2.45) is 11.3 Å². The summed E-state index contributed by atoms with van der Waals surface area (Å²) in [6, 6.07) is 9.27. The lowest BCUT2D eigenvalue weighted by atomic mass is 9.61. The van der Waals surface area contributed by atoms with Crippen LogP contribution in [-0.2, 0) is 19.7 Å². The fourth-order valence-corrected chi connectivity index (χ4v) is 5.36. The number of cyclic esters (lactones) is 1. The van der Waals surface area contributed by atoms with Gasteiger partial charge in [0.25, 0.3) is 0 Å². The third-order valence-corrected chi connectivity index (χ3v) is 7.15. The number of esters is 1. The quantitative estimate of drug-likeness (QED) is 0.710. The number of carbonyl (C=O) groups excluding carboxylic acids is 2. The van der Waals surface area contributed by atoms with Crippen molar-refractivity contribution >= 4 is 11.9 Å². The van der Waals surface area contributed by atoms with Gasteiger partial charge in [0.1, 0.15) is 0 Å². The van der Waals surface area contributed by atoms with Gasteiger partial charge in [0.15, 0.2) is 0 Å². The van der Waals surface area contributed by atoms with Crippen LogP contribution >= 0.6 is 0 Å². The summed E-state index contributed by atoms with van der Waals surface area (Å²) in [5.74, 6) is 0.796. The Balaban J connectivity index is 1.37. The van der Waals surface area contributed by atoms with Crippen LogP contribution in [0.4, 0.5) is 0 Å². The van der Waals surface area contributed by atoms with Crippen LogP contribution in [0.25, 0.3) is 0 Å². The molecule has 2 aliphatic heterocycles. The second kappa shape index (κ2) is 6.89. The van der Waals surface area contributed by atoms with Crippen LogP contribution in [0.15, 0.2) is 24.3 Å². The molecule has 0 unspecified atom stereocenters. The molecule has 0 bridgehead atoms. The van der Waals surface area contributed by atoms with Gasteiger partial charge in [0.05, 0.1) is 13.0 Å². The summed E-state index contributed by atoms with van der Waals surface area (Å²) in [7, 11) is 0. The van der Waals surface area contributed by atoms with Crippen molar-refractivity contribution < 1.29 is 14.3 Å². The Kier molecular flexibility index (Phi) is 4.79. The molecule has 1 amide bonds. The number of nitrogens with zero attached hydrogens (tertiary/aromatic N) is 1. The largest absolute Gasteiger partial charge is 0.465 e. The molecule has 152 valence electrons. The van der Waals surface area contributed by atoms with Gasteiger partial charge >= 0.3 is 5.97 Å². The number of benzene rings is 1. The Bertz CT molecular complexity index is 772. The van der Waals surface area contributed by atoms with E-state index in [1.807, 2.05) is 0 Å². The average molecular weight is 384 g/mol. The Morgan fingerprint density at radius 2 is 2.00 bits per heavy atom. The van der Waals surface area contributed by atoms with Crippen molar-refractivity contribution in [2.75, 3.05) is 13.2 Å². The Labute approximate surface area is 168 Å². The van der Waals surface area contributed by atoms with E-state index >= 15 is 0 Å². The first-order chi connectivity index (χ1) is 13.2. The molecule has 2 heterocycles. The van der Waals surface area contributed by atoms with Crippen molar-refractivity contribution in [3.8, 4) is 0 Å². The van der Waals surface area contributed by atoms with Crippen LogP contribution in [0.5, 0.6) is 0 Å². The maximum absolute atomic E-state index is 13.0. The molecule has 1 spiro atoms.